The van der Waals surface area contributed by atoms with Crippen molar-refractivity contribution < 1.29 is 24.3 Å². The lowest BCUT2D eigenvalue weighted by Crippen LogP contribution is -2.53. The molecule has 0 bridgehead atoms. The molecular weight excluding hydrogens is 428 g/mol. The van der Waals surface area contributed by atoms with Gasteiger partial charge in [0.15, 0.2) is 11.6 Å². The van der Waals surface area contributed by atoms with Gasteiger partial charge in [-0.1, -0.05) is 39.8 Å². The van der Waals surface area contributed by atoms with Gasteiger partial charge in [0.05, 0.1) is 5.92 Å². The number of carboxylic acids is 1. The topological polar surface area (TPSA) is 88.5 Å². The van der Waals surface area contributed by atoms with E-state index < -0.39 is 11.9 Å². The number of aliphatic carboxylic acids is 1. The second-order valence-electron chi connectivity index (χ2n) is 12.3. The lowest BCUT2D eigenvalue weighted by atomic mass is 9.48. The Morgan fingerprint density at radius 2 is 1.82 bits per heavy atom. The van der Waals surface area contributed by atoms with Gasteiger partial charge in [-0.2, -0.15) is 0 Å². The molecule has 5 nitrogen and oxygen atoms in total. The van der Waals surface area contributed by atoms with E-state index in [4.69, 9.17) is 0 Å². The molecule has 186 valence electrons. The first-order valence-electron chi connectivity index (χ1n) is 13.1. The molecule has 8 atom stereocenters. The molecule has 0 unspecified atom stereocenters. The second kappa shape index (κ2) is 8.57. The fourth-order valence-corrected chi connectivity index (χ4v) is 8.25. The highest BCUT2D eigenvalue weighted by atomic mass is 16.4. The molecule has 2 saturated carbocycles. The van der Waals surface area contributed by atoms with Gasteiger partial charge in [-0.3, -0.25) is 19.2 Å². The van der Waals surface area contributed by atoms with Crippen molar-refractivity contribution in [1.82, 2.24) is 0 Å². The van der Waals surface area contributed by atoms with E-state index in [0.717, 1.165) is 36.0 Å². The standard InChI is InChI=1S/C29H40O5/c1-15(17(3)27(33)34)7-8-16(2)19-9-10-20-25-23(31)13-21-18(4)22(30)11-12-28(21,5)26(25)24(32)14-29(19,20)6/h16-21H,1,7-14H2,2-6H3,(H,33,34)/t16-,17-,18+,19-,20-,21-,28+,29-/m1/s1. The Hall–Kier alpha value is -2.04. The number of rotatable bonds is 6. The van der Waals surface area contributed by atoms with Crippen molar-refractivity contribution in [3.05, 3.63) is 23.3 Å². The quantitative estimate of drug-likeness (QED) is 0.514. The summed E-state index contributed by atoms with van der Waals surface area (Å²) in [5, 5.41) is 9.27. The van der Waals surface area contributed by atoms with Gasteiger partial charge < -0.3 is 5.11 Å². The Morgan fingerprint density at radius 1 is 1.15 bits per heavy atom. The van der Waals surface area contributed by atoms with Gasteiger partial charge in [-0.25, -0.2) is 0 Å². The Labute approximate surface area is 203 Å². The number of allylic oxidation sites excluding steroid dienone is 2. The van der Waals surface area contributed by atoms with Crippen molar-refractivity contribution in [1.29, 1.82) is 0 Å². The molecule has 0 amide bonds. The summed E-state index contributed by atoms with van der Waals surface area (Å²) in [4.78, 5) is 51.1. The molecule has 2 fully saturated rings. The maximum absolute atomic E-state index is 13.8. The molecule has 34 heavy (non-hydrogen) atoms. The van der Waals surface area contributed by atoms with Crippen LogP contribution in [0, 0.1) is 46.3 Å². The highest BCUT2D eigenvalue weighted by molar-refractivity contribution is 6.11. The predicted octanol–water partition coefficient (Wildman–Crippen LogP) is 5.58. The van der Waals surface area contributed by atoms with E-state index in [1.165, 1.54) is 0 Å². The van der Waals surface area contributed by atoms with E-state index >= 15 is 0 Å². The normalized spacial score (nSPS) is 39.3. The molecule has 4 aliphatic carbocycles. The number of hydrogen-bond acceptors (Lipinski definition) is 4. The third-order valence-corrected chi connectivity index (χ3v) is 10.5. The third-order valence-electron chi connectivity index (χ3n) is 10.5. The molecule has 0 radical (unpaired) electrons. The van der Waals surface area contributed by atoms with Crippen LogP contribution in [-0.2, 0) is 19.2 Å². The molecule has 5 heteroatoms. The predicted molar refractivity (Wildman–Crippen MR) is 130 cm³/mol. The van der Waals surface area contributed by atoms with Gasteiger partial charge in [0, 0.05) is 41.7 Å². The lowest BCUT2D eigenvalue weighted by Gasteiger charge is -2.53. The summed E-state index contributed by atoms with van der Waals surface area (Å²) in [5.74, 6) is -0.453. The minimum atomic E-state index is -0.843. The average molecular weight is 469 g/mol. The van der Waals surface area contributed by atoms with Crippen LogP contribution in [0.4, 0.5) is 0 Å². The van der Waals surface area contributed by atoms with Crippen LogP contribution < -0.4 is 0 Å². The number of hydrogen-bond donors (Lipinski definition) is 1. The maximum Gasteiger partial charge on any atom is 0.310 e. The lowest BCUT2D eigenvalue weighted by molar-refractivity contribution is -0.140. The Bertz CT molecular complexity index is 988. The summed E-state index contributed by atoms with van der Waals surface area (Å²) in [5.41, 5.74) is 1.70. The minimum absolute atomic E-state index is 0.0633. The highest BCUT2D eigenvalue weighted by Gasteiger charge is 2.61. The number of Topliss-reactive ketones (excluding diaryl/α,β-unsaturated/α-hetero) is 3. The molecule has 1 N–H and O–H groups in total. The van der Waals surface area contributed by atoms with E-state index in [1.54, 1.807) is 6.92 Å². The van der Waals surface area contributed by atoms with E-state index in [0.29, 0.717) is 43.9 Å². The van der Waals surface area contributed by atoms with Crippen LogP contribution in [0.15, 0.2) is 23.3 Å². The number of fused-ring (bicyclic) bond motifs is 4. The first-order chi connectivity index (χ1) is 15.8. The van der Waals surface area contributed by atoms with Crippen LogP contribution in [0.5, 0.6) is 0 Å². The van der Waals surface area contributed by atoms with Crippen LogP contribution in [0.3, 0.4) is 0 Å². The fraction of sp³-hybridized carbons (Fsp3) is 0.724. The summed E-state index contributed by atoms with van der Waals surface area (Å²) in [6.45, 7) is 14.2. The van der Waals surface area contributed by atoms with Gasteiger partial charge in [-0.05, 0) is 68.1 Å². The van der Waals surface area contributed by atoms with Crippen molar-refractivity contribution in [2.45, 2.75) is 86.0 Å². The van der Waals surface area contributed by atoms with E-state index in [2.05, 4.69) is 27.4 Å². The van der Waals surface area contributed by atoms with Gasteiger partial charge in [0.1, 0.15) is 5.78 Å². The summed E-state index contributed by atoms with van der Waals surface area (Å²) in [6.07, 6.45) is 5.43. The van der Waals surface area contributed by atoms with Crippen molar-refractivity contribution in [3.63, 3.8) is 0 Å². The van der Waals surface area contributed by atoms with Crippen molar-refractivity contribution in [2.24, 2.45) is 46.3 Å². The summed E-state index contributed by atoms with van der Waals surface area (Å²) in [7, 11) is 0. The zero-order valence-electron chi connectivity index (χ0n) is 21.4. The van der Waals surface area contributed by atoms with Crippen molar-refractivity contribution in [3.8, 4) is 0 Å². The molecular formula is C29H40O5. The molecule has 0 aromatic heterocycles. The monoisotopic (exact) mass is 468 g/mol. The number of ketones is 3. The largest absolute Gasteiger partial charge is 0.481 e. The minimum Gasteiger partial charge on any atom is -0.481 e. The number of carbonyl (C=O) groups excluding carboxylic acids is 3. The van der Waals surface area contributed by atoms with Crippen LogP contribution in [-0.4, -0.2) is 28.4 Å². The Balaban J connectivity index is 1.61. The van der Waals surface area contributed by atoms with Gasteiger partial charge in [0.2, 0.25) is 0 Å². The van der Waals surface area contributed by atoms with E-state index in [-0.39, 0.29) is 45.9 Å². The molecule has 0 aliphatic heterocycles. The van der Waals surface area contributed by atoms with Crippen LogP contribution in [0.25, 0.3) is 0 Å². The SMILES string of the molecule is C=C(CC[C@@H](C)[C@H]1CC[C@@H]2C3=C(C(=O)C[C@@]21C)[C@@]1(C)CCC(=O)[C@@H](C)[C@H]1CC3=O)[C@@H](C)C(=O)O. The average Bonchev–Trinajstić information content (AvgIpc) is 3.11. The maximum atomic E-state index is 13.8. The number of carbonyl (C=O) groups is 4. The molecule has 4 aliphatic rings. The Kier molecular flexibility index (Phi) is 6.31. The zero-order chi connectivity index (χ0) is 25.2. The second-order valence-corrected chi connectivity index (χ2v) is 12.3. The van der Waals surface area contributed by atoms with E-state index in [1.807, 2.05) is 6.92 Å². The van der Waals surface area contributed by atoms with Crippen molar-refractivity contribution >= 4 is 23.3 Å². The van der Waals surface area contributed by atoms with Crippen LogP contribution >= 0.6 is 0 Å². The zero-order valence-corrected chi connectivity index (χ0v) is 21.4. The molecule has 0 heterocycles. The first-order valence-corrected chi connectivity index (χ1v) is 13.1. The molecule has 0 spiro atoms. The molecule has 4 rings (SSSR count). The summed E-state index contributed by atoms with van der Waals surface area (Å²) >= 11 is 0. The fourth-order valence-electron chi connectivity index (χ4n) is 8.25. The van der Waals surface area contributed by atoms with Gasteiger partial charge >= 0.3 is 5.97 Å². The number of carboxylic acid groups (broad SMARTS) is 1. The first kappa shape index (κ1) is 25.1. The highest BCUT2D eigenvalue weighted by Crippen LogP contribution is 2.64. The third kappa shape index (κ3) is 3.65. The summed E-state index contributed by atoms with van der Waals surface area (Å²) < 4.78 is 0. The van der Waals surface area contributed by atoms with E-state index in [9.17, 15) is 24.3 Å². The summed E-state index contributed by atoms with van der Waals surface area (Å²) in [6, 6.07) is 0. The van der Waals surface area contributed by atoms with Gasteiger partial charge in [0.25, 0.3) is 0 Å². The van der Waals surface area contributed by atoms with Gasteiger partial charge in [-0.15, -0.1) is 0 Å². The molecule has 0 saturated heterocycles. The Morgan fingerprint density at radius 3 is 2.47 bits per heavy atom. The molecule has 0 aromatic rings. The molecule has 0 aromatic carbocycles. The smallest absolute Gasteiger partial charge is 0.310 e. The van der Waals surface area contributed by atoms with Crippen LogP contribution in [0.1, 0.15) is 86.0 Å². The van der Waals surface area contributed by atoms with Crippen molar-refractivity contribution in [2.75, 3.05) is 0 Å². The van der Waals surface area contributed by atoms with Crippen LogP contribution in [0.2, 0.25) is 0 Å².